The smallest absolute Gasteiger partial charge is 0.274 e. The molecule has 9 heteroatoms. The molecule has 1 amide bonds. The topological polar surface area (TPSA) is 97.4 Å². The number of fused-ring (bicyclic) bond motifs is 1. The summed E-state index contributed by atoms with van der Waals surface area (Å²) in [6.45, 7) is 3.82. The summed E-state index contributed by atoms with van der Waals surface area (Å²) >= 11 is 0. The van der Waals surface area contributed by atoms with E-state index in [-0.39, 0.29) is 17.8 Å². The van der Waals surface area contributed by atoms with Crippen LogP contribution in [0.25, 0.3) is 17.1 Å². The number of carbonyl (C=O) groups excluding carboxylic acids is 1. The van der Waals surface area contributed by atoms with E-state index in [0.29, 0.717) is 34.4 Å². The minimum Gasteiger partial charge on any atom is -0.345 e. The van der Waals surface area contributed by atoms with Crippen LogP contribution in [0.3, 0.4) is 0 Å². The van der Waals surface area contributed by atoms with Crippen molar-refractivity contribution in [2.24, 2.45) is 0 Å². The molecule has 0 bridgehead atoms. The number of hydrogen-bond acceptors (Lipinski definition) is 6. The van der Waals surface area contributed by atoms with Crippen LogP contribution in [0.1, 0.15) is 34.6 Å². The van der Waals surface area contributed by atoms with Gasteiger partial charge in [0, 0.05) is 17.4 Å². The maximum Gasteiger partial charge on any atom is 0.274 e. The molecule has 0 saturated heterocycles. The molecule has 5 aromatic rings. The fraction of sp³-hybridized carbons (Fsp3) is 0.120. The van der Waals surface area contributed by atoms with E-state index < -0.39 is 0 Å². The van der Waals surface area contributed by atoms with Crippen LogP contribution in [0.2, 0.25) is 0 Å². The van der Waals surface area contributed by atoms with Crippen molar-refractivity contribution in [2.75, 3.05) is 10.6 Å². The number of nitrogens with zero attached hydrogens (tertiary/aromatic N) is 4. The Morgan fingerprint density at radius 1 is 1.12 bits per heavy atom. The highest BCUT2D eigenvalue weighted by Crippen LogP contribution is 2.26. The van der Waals surface area contributed by atoms with E-state index in [1.165, 1.54) is 12.1 Å². The molecule has 0 aliphatic rings. The number of pyridine rings is 1. The first kappa shape index (κ1) is 21.3. The van der Waals surface area contributed by atoms with Gasteiger partial charge in [0.2, 0.25) is 0 Å². The normalized spacial score (nSPS) is 12.0. The van der Waals surface area contributed by atoms with E-state index in [4.69, 9.17) is 4.52 Å². The zero-order chi connectivity index (χ0) is 23.7. The zero-order valence-corrected chi connectivity index (χ0v) is 18.5. The van der Waals surface area contributed by atoms with Crippen molar-refractivity contribution in [1.29, 1.82) is 0 Å². The lowest BCUT2D eigenvalue weighted by Gasteiger charge is -2.11. The van der Waals surface area contributed by atoms with Gasteiger partial charge in [-0.3, -0.25) is 9.20 Å². The van der Waals surface area contributed by atoms with Crippen LogP contribution in [0.4, 0.5) is 16.0 Å². The van der Waals surface area contributed by atoms with Gasteiger partial charge >= 0.3 is 0 Å². The number of anilines is 2. The van der Waals surface area contributed by atoms with E-state index in [1.807, 2.05) is 44.2 Å². The predicted octanol–water partition coefficient (Wildman–Crippen LogP) is 5.26. The molecule has 0 aliphatic heterocycles. The third-order valence-corrected chi connectivity index (χ3v) is 5.52. The second kappa shape index (κ2) is 8.78. The Bertz CT molecular complexity index is 1470. The van der Waals surface area contributed by atoms with Gasteiger partial charge in [-0.2, -0.15) is 4.98 Å². The lowest BCUT2D eigenvalue weighted by Crippen LogP contribution is -2.15. The molecule has 0 radical (unpaired) electrons. The van der Waals surface area contributed by atoms with Gasteiger partial charge < -0.3 is 15.2 Å². The van der Waals surface area contributed by atoms with Crippen molar-refractivity contribution < 1.29 is 13.7 Å². The number of rotatable bonds is 6. The number of imidazole rings is 1. The number of benzene rings is 2. The highest BCUT2D eigenvalue weighted by Gasteiger charge is 2.16. The average Bonchev–Trinajstić information content (AvgIpc) is 3.48. The molecule has 2 N–H and O–H groups in total. The number of hydrogen-bond donors (Lipinski definition) is 2. The van der Waals surface area contributed by atoms with Crippen molar-refractivity contribution in [3.8, 4) is 11.5 Å². The molecule has 0 aliphatic carbocycles. The maximum atomic E-state index is 13.2. The van der Waals surface area contributed by atoms with Gasteiger partial charge in [-0.05, 0) is 66.5 Å². The first-order valence-corrected chi connectivity index (χ1v) is 10.7. The number of aryl methyl sites for hydroxylation is 1. The van der Waals surface area contributed by atoms with Gasteiger partial charge in [0.1, 0.15) is 17.2 Å². The molecule has 5 rings (SSSR count). The van der Waals surface area contributed by atoms with Crippen LogP contribution in [0.5, 0.6) is 0 Å². The van der Waals surface area contributed by atoms with Gasteiger partial charge in [0.05, 0.1) is 12.2 Å². The monoisotopic (exact) mass is 456 g/mol. The molecule has 34 heavy (non-hydrogen) atoms. The largest absolute Gasteiger partial charge is 0.345 e. The predicted molar refractivity (Wildman–Crippen MR) is 126 cm³/mol. The second-order valence-corrected chi connectivity index (χ2v) is 7.90. The minimum absolute atomic E-state index is 0.149. The molecule has 0 saturated carbocycles. The summed E-state index contributed by atoms with van der Waals surface area (Å²) in [6.07, 6.45) is 3.34. The Morgan fingerprint density at radius 2 is 1.94 bits per heavy atom. The standard InChI is InChI=1S/C25H21FN6O2/c1-15-6-7-18(13-20(15)29-23(33)21-14-27-22-5-3-4-12-32(21)22)24-30-25(31-34-24)28-16(2)17-8-10-19(26)11-9-17/h3-14,16H,1-2H3,(H,28,31)(H,29,33). The van der Waals surface area contributed by atoms with E-state index in [9.17, 15) is 9.18 Å². The molecule has 0 spiro atoms. The van der Waals surface area contributed by atoms with Gasteiger partial charge in [0.25, 0.3) is 17.7 Å². The Kier molecular flexibility index (Phi) is 5.51. The van der Waals surface area contributed by atoms with Gasteiger partial charge in [-0.1, -0.05) is 24.3 Å². The third kappa shape index (κ3) is 4.23. The molecular weight excluding hydrogens is 435 g/mol. The third-order valence-electron chi connectivity index (χ3n) is 5.52. The summed E-state index contributed by atoms with van der Waals surface area (Å²) in [6, 6.07) is 17.1. The van der Waals surface area contributed by atoms with Crippen LogP contribution in [0, 0.1) is 12.7 Å². The minimum atomic E-state index is -0.290. The van der Waals surface area contributed by atoms with E-state index in [2.05, 4.69) is 25.8 Å². The highest BCUT2D eigenvalue weighted by molar-refractivity contribution is 6.04. The fourth-order valence-electron chi connectivity index (χ4n) is 3.60. The Balaban J connectivity index is 1.34. The van der Waals surface area contributed by atoms with Gasteiger partial charge in [-0.25, -0.2) is 9.37 Å². The van der Waals surface area contributed by atoms with Crippen LogP contribution >= 0.6 is 0 Å². The fourth-order valence-corrected chi connectivity index (χ4v) is 3.60. The van der Waals surface area contributed by atoms with E-state index in [1.54, 1.807) is 35.0 Å². The summed E-state index contributed by atoms with van der Waals surface area (Å²) in [5.74, 6) is 0.0456. The van der Waals surface area contributed by atoms with Crippen LogP contribution in [0.15, 0.2) is 77.6 Å². The number of halogens is 1. The van der Waals surface area contributed by atoms with Crippen molar-refractivity contribution in [2.45, 2.75) is 19.9 Å². The molecule has 8 nitrogen and oxygen atoms in total. The summed E-state index contributed by atoms with van der Waals surface area (Å²) in [7, 11) is 0. The van der Waals surface area contributed by atoms with Gasteiger partial charge in [-0.15, -0.1) is 0 Å². The number of amides is 1. The number of nitrogens with one attached hydrogen (secondary N) is 2. The van der Waals surface area contributed by atoms with Crippen LogP contribution in [-0.4, -0.2) is 25.4 Å². The maximum absolute atomic E-state index is 13.2. The lowest BCUT2D eigenvalue weighted by molar-refractivity contribution is 0.102. The first-order valence-electron chi connectivity index (χ1n) is 10.7. The number of aromatic nitrogens is 4. The summed E-state index contributed by atoms with van der Waals surface area (Å²) < 4.78 is 20.3. The summed E-state index contributed by atoms with van der Waals surface area (Å²) in [5, 5.41) is 10.1. The average molecular weight is 456 g/mol. The van der Waals surface area contributed by atoms with Crippen molar-refractivity contribution >= 4 is 23.2 Å². The van der Waals surface area contributed by atoms with Crippen LogP contribution < -0.4 is 10.6 Å². The van der Waals surface area contributed by atoms with E-state index >= 15 is 0 Å². The molecule has 170 valence electrons. The molecule has 3 aromatic heterocycles. The highest BCUT2D eigenvalue weighted by atomic mass is 19.1. The SMILES string of the molecule is Cc1ccc(-c2nc(NC(C)c3ccc(F)cc3)no2)cc1NC(=O)c1cnc2ccccn12. The van der Waals surface area contributed by atoms with Crippen LogP contribution in [-0.2, 0) is 0 Å². The van der Waals surface area contributed by atoms with Gasteiger partial charge in [0.15, 0.2) is 0 Å². The van der Waals surface area contributed by atoms with Crippen molar-refractivity contribution in [3.63, 3.8) is 0 Å². The first-order chi connectivity index (χ1) is 16.5. The summed E-state index contributed by atoms with van der Waals surface area (Å²) in [5.41, 5.74) is 4.18. The second-order valence-electron chi connectivity index (χ2n) is 7.90. The van der Waals surface area contributed by atoms with E-state index in [0.717, 1.165) is 11.1 Å². The molecular formula is C25H21FN6O2. The lowest BCUT2D eigenvalue weighted by atomic mass is 10.1. The number of carbonyl (C=O) groups is 1. The molecule has 3 heterocycles. The Labute approximate surface area is 194 Å². The molecule has 1 unspecified atom stereocenters. The van der Waals surface area contributed by atoms with Crippen molar-refractivity contribution in [1.82, 2.24) is 19.5 Å². The zero-order valence-electron chi connectivity index (χ0n) is 18.5. The summed E-state index contributed by atoms with van der Waals surface area (Å²) in [4.78, 5) is 21.6. The van der Waals surface area contributed by atoms with Crippen molar-refractivity contribution in [3.05, 3.63) is 95.7 Å². The Morgan fingerprint density at radius 3 is 2.76 bits per heavy atom. The molecule has 0 fully saturated rings. The Hall–Kier alpha value is -4.53. The molecule has 2 aromatic carbocycles. The molecule has 1 atom stereocenters. The quantitative estimate of drug-likeness (QED) is 0.362.